The summed E-state index contributed by atoms with van der Waals surface area (Å²) in [4.78, 5) is 71.1. The van der Waals surface area contributed by atoms with Crippen LogP contribution in [0.3, 0.4) is 0 Å². The lowest BCUT2D eigenvalue weighted by atomic mass is 9.96. The van der Waals surface area contributed by atoms with E-state index in [-0.39, 0.29) is 11.7 Å². The van der Waals surface area contributed by atoms with Crippen LogP contribution >= 0.6 is 0 Å². The van der Waals surface area contributed by atoms with Crippen molar-refractivity contribution in [1.82, 2.24) is 5.32 Å². The summed E-state index contributed by atoms with van der Waals surface area (Å²) in [5, 5.41) is 5.04. The third kappa shape index (κ3) is 9.35. The Kier molecular flexibility index (Phi) is 11.0. The average Bonchev–Trinajstić information content (AvgIpc) is 2.80. The van der Waals surface area contributed by atoms with Gasteiger partial charge in [0, 0.05) is 34.6 Å². The molecule has 1 aliphatic heterocycles. The van der Waals surface area contributed by atoms with Crippen LogP contribution in [0.25, 0.3) is 0 Å². The maximum absolute atomic E-state index is 12.7. The third-order valence-corrected chi connectivity index (χ3v) is 4.86. The first-order valence-corrected chi connectivity index (χ1v) is 11.5. The topological polar surface area (TPSA) is 182 Å². The molecule has 5 atom stereocenters. The number of carbonyl (C=O) groups excluding carboxylic acids is 6. The van der Waals surface area contributed by atoms with Crippen LogP contribution < -0.4 is 15.4 Å². The Balaban J connectivity index is 2.29. The lowest BCUT2D eigenvalue weighted by molar-refractivity contribution is -0.272. The molecule has 1 fully saturated rings. The molecule has 0 radical (unpaired) electrons. The fourth-order valence-corrected chi connectivity index (χ4v) is 3.58. The molecular weight excluding hydrogens is 508 g/mol. The molecule has 5 unspecified atom stereocenters. The van der Waals surface area contributed by atoms with E-state index in [1.165, 1.54) is 13.0 Å². The second kappa shape index (κ2) is 13.9. The first-order chi connectivity index (χ1) is 17.9. The van der Waals surface area contributed by atoms with E-state index in [0.717, 1.165) is 27.7 Å². The molecule has 0 aromatic heterocycles. The van der Waals surface area contributed by atoms with Gasteiger partial charge in [0.25, 0.3) is 0 Å². The molecule has 208 valence electrons. The lowest BCUT2D eigenvalue weighted by Gasteiger charge is -2.44. The van der Waals surface area contributed by atoms with Gasteiger partial charge in [-0.15, -0.1) is 0 Å². The summed E-state index contributed by atoms with van der Waals surface area (Å²) in [6.45, 7) is 4.72. The number of esters is 4. The predicted octanol–water partition coefficient (Wildman–Crippen LogP) is 0.223. The summed E-state index contributed by atoms with van der Waals surface area (Å²) in [6.07, 6.45) is -5.52. The van der Waals surface area contributed by atoms with Crippen LogP contribution in [0.4, 0.5) is 5.69 Å². The standard InChI is InChI=1S/C24H30N2O12/c1-12(27)25-17-8-6-7-9-18(17)34-11-20(32)38-24-21(26-13(2)28)23(36-16(5)31)22(35-15(4)30)19(37-24)10-33-14(3)29/h6-9,19,21-24H,10-11H2,1-5H3,(H,25,27)(H,26,28). The van der Waals surface area contributed by atoms with E-state index >= 15 is 0 Å². The normalized spacial score (nSPS) is 22.3. The molecule has 2 amide bonds. The summed E-state index contributed by atoms with van der Waals surface area (Å²) in [6, 6.07) is 5.05. The Morgan fingerprint density at radius 2 is 1.45 bits per heavy atom. The van der Waals surface area contributed by atoms with Crippen molar-refractivity contribution in [1.29, 1.82) is 0 Å². The molecular formula is C24H30N2O12. The molecule has 1 aromatic carbocycles. The van der Waals surface area contributed by atoms with E-state index in [2.05, 4.69) is 10.6 Å². The third-order valence-electron chi connectivity index (χ3n) is 4.86. The van der Waals surface area contributed by atoms with Crippen LogP contribution in [-0.2, 0) is 52.5 Å². The molecule has 0 saturated carbocycles. The molecule has 2 rings (SSSR count). The number of rotatable bonds is 10. The van der Waals surface area contributed by atoms with Gasteiger partial charge in [0.2, 0.25) is 18.1 Å². The molecule has 1 aromatic rings. The van der Waals surface area contributed by atoms with Crippen LogP contribution in [0.15, 0.2) is 24.3 Å². The average molecular weight is 539 g/mol. The molecule has 0 spiro atoms. The minimum atomic E-state index is -1.57. The van der Waals surface area contributed by atoms with E-state index in [1.54, 1.807) is 18.2 Å². The maximum atomic E-state index is 12.7. The monoisotopic (exact) mass is 538 g/mol. The molecule has 1 aliphatic rings. The van der Waals surface area contributed by atoms with Crippen molar-refractivity contribution in [2.75, 3.05) is 18.5 Å². The molecule has 0 aliphatic carbocycles. The van der Waals surface area contributed by atoms with E-state index in [1.807, 2.05) is 0 Å². The minimum Gasteiger partial charge on any atom is -0.480 e. The summed E-state index contributed by atoms with van der Waals surface area (Å²) in [7, 11) is 0. The zero-order valence-electron chi connectivity index (χ0n) is 21.5. The number of nitrogens with one attached hydrogen (secondary N) is 2. The van der Waals surface area contributed by atoms with Crippen molar-refractivity contribution < 1.29 is 57.2 Å². The predicted molar refractivity (Wildman–Crippen MR) is 126 cm³/mol. The number of anilines is 1. The summed E-state index contributed by atoms with van der Waals surface area (Å²) >= 11 is 0. The van der Waals surface area contributed by atoms with Crippen molar-refractivity contribution in [2.45, 2.75) is 65.3 Å². The molecule has 1 heterocycles. The first-order valence-electron chi connectivity index (χ1n) is 11.5. The second-order valence-electron chi connectivity index (χ2n) is 8.18. The van der Waals surface area contributed by atoms with Gasteiger partial charge in [-0.3, -0.25) is 24.0 Å². The number of ether oxygens (including phenoxy) is 6. The molecule has 2 N–H and O–H groups in total. The Labute approximate surface area is 218 Å². The zero-order chi connectivity index (χ0) is 28.4. The lowest BCUT2D eigenvalue weighted by Crippen LogP contribution is -2.66. The van der Waals surface area contributed by atoms with Gasteiger partial charge in [-0.2, -0.15) is 0 Å². The van der Waals surface area contributed by atoms with E-state index in [9.17, 15) is 28.8 Å². The van der Waals surface area contributed by atoms with Crippen molar-refractivity contribution in [3.05, 3.63) is 24.3 Å². The van der Waals surface area contributed by atoms with Gasteiger partial charge >= 0.3 is 23.9 Å². The molecule has 14 heteroatoms. The van der Waals surface area contributed by atoms with Crippen molar-refractivity contribution >= 4 is 41.4 Å². The second-order valence-corrected chi connectivity index (χ2v) is 8.18. The fourth-order valence-electron chi connectivity index (χ4n) is 3.58. The summed E-state index contributed by atoms with van der Waals surface area (Å²) in [5.74, 6) is -3.97. The van der Waals surface area contributed by atoms with Crippen LogP contribution in [0.2, 0.25) is 0 Å². The smallest absolute Gasteiger partial charge is 0.346 e. The van der Waals surface area contributed by atoms with Gasteiger partial charge in [-0.05, 0) is 12.1 Å². The van der Waals surface area contributed by atoms with Crippen LogP contribution in [0.5, 0.6) is 5.75 Å². The van der Waals surface area contributed by atoms with E-state index < -0.39 is 73.6 Å². The van der Waals surface area contributed by atoms with E-state index in [4.69, 9.17) is 28.4 Å². The quantitative estimate of drug-likeness (QED) is 0.306. The van der Waals surface area contributed by atoms with Crippen molar-refractivity contribution in [2.24, 2.45) is 0 Å². The number of hydrogen-bond donors (Lipinski definition) is 2. The van der Waals surface area contributed by atoms with Crippen LogP contribution in [-0.4, -0.2) is 79.5 Å². The van der Waals surface area contributed by atoms with Gasteiger partial charge in [-0.25, -0.2) is 4.79 Å². The van der Waals surface area contributed by atoms with Crippen LogP contribution in [0, 0.1) is 0 Å². The van der Waals surface area contributed by atoms with Gasteiger partial charge < -0.3 is 39.1 Å². The van der Waals surface area contributed by atoms with Gasteiger partial charge in [-0.1, -0.05) is 12.1 Å². The largest absolute Gasteiger partial charge is 0.480 e. The Morgan fingerprint density at radius 1 is 0.816 bits per heavy atom. The van der Waals surface area contributed by atoms with Crippen molar-refractivity contribution in [3.8, 4) is 5.75 Å². The Morgan fingerprint density at radius 3 is 2.03 bits per heavy atom. The molecule has 1 saturated heterocycles. The molecule has 38 heavy (non-hydrogen) atoms. The SMILES string of the molecule is CC(=O)Nc1ccccc1OCC(=O)OC1OC(COC(C)=O)C(OC(C)=O)C(OC(C)=O)C1NC(C)=O. The van der Waals surface area contributed by atoms with Crippen LogP contribution in [0.1, 0.15) is 34.6 Å². The minimum absolute atomic E-state index is 0.183. The highest BCUT2D eigenvalue weighted by atomic mass is 16.7. The van der Waals surface area contributed by atoms with Gasteiger partial charge in [0.05, 0.1) is 5.69 Å². The Hall–Kier alpha value is -4.20. The highest BCUT2D eigenvalue weighted by molar-refractivity contribution is 5.90. The molecule has 0 bridgehead atoms. The highest BCUT2D eigenvalue weighted by Gasteiger charge is 2.52. The summed E-state index contributed by atoms with van der Waals surface area (Å²) < 4.78 is 32.2. The summed E-state index contributed by atoms with van der Waals surface area (Å²) in [5.41, 5.74) is 0.318. The molecule has 14 nitrogen and oxygen atoms in total. The zero-order valence-corrected chi connectivity index (χ0v) is 21.5. The van der Waals surface area contributed by atoms with Crippen molar-refractivity contribution in [3.63, 3.8) is 0 Å². The number of para-hydroxylation sites is 2. The van der Waals surface area contributed by atoms with Gasteiger partial charge in [0.1, 0.15) is 24.5 Å². The Bertz CT molecular complexity index is 1060. The number of benzene rings is 1. The van der Waals surface area contributed by atoms with E-state index in [0.29, 0.717) is 5.69 Å². The number of hydrogen-bond acceptors (Lipinski definition) is 12. The number of amides is 2. The van der Waals surface area contributed by atoms with Gasteiger partial charge in [0.15, 0.2) is 18.8 Å². The highest BCUT2D eigenvalue weighted by Crippen LogP contribution is 2.28. The first kappa shape index (κ1) is 30.0. The maximum Gasteiger partial charge on any atom is 0.346 e. The number of carbonyl (C=O) groups is 6. The fraction of sp³-hybridized carbons (Fsp3) is 0.500.